The Labute approximate surface area is 189 Å². The van der Waals surface area contributed by atoms with Gasteiger partial charge in [-0.1, -0.05) is 0 Å². The Morgan fingerprint density at radius 1 is 0.719 bits per heavy atom. The van der Waals surface area contributed by atoms with Crippen molar-refractivity contribution >= 4 is 23.9 Å². The lowest BCUT2D eigenvalue weighted by Crippen LogP contribution is -2.57. The Kier molecular flexibility index (Phi) is 11.1. The summed E-state index contributed by atoms with van der Waals surface area (Å²) in [5, 5.41) is 16.0. The van der Waals surface area contributed by atoms with E-state index in [2.05, 4.69) is 16.0 Å². The average Bonchev–Trinajstić information content (AvgIpc) is 2.56. The highest BCUT2D eigenvalue weighted by Gasteiger charge is 2.31. The molecule has 11 heteroatoms. The van der Waals surface area contributed by atoms with Crippen LogP contribution < -0.4 is 16.0 Å². The van der Waals surface area contributed by atoms with E-state index in [1.807, 2.05) is 0 Å². The lowest BCUT2D eigenvalue weighted by Gasteiger charge is -2.28. The molecule has 0 aliphatic carbocycles. The number of hydrogen-bond donors (Lipinski definition) is 4. The summed E-state index contributed by atoms with van der Waals surface area (Å²) >= 11 is 0. The van der Waals surface area contributed by atoms with Crippen LogP contribution in [0.4, 0.5) is 4.79 Å². The number of nitrogens with one attached hydrogen (secondary N) is 3. The molecule has 0 radical (unpaired) electrons. The zero-order chi connectivity index (χ0) is 25.3. The van der Waals surface area contributed by atoms with Gasteiger partial charge in [0.15, 0.2) is 0 Å². The zero-order valence-corrected chi connectivity index (χ0v) is 20.6. The van der Waals surface area contributed by atoms with E-state index in [0.29, 0.717) is 0 Å². The van der Waals surface area contributed by atoms with E-state index in [0.717, 1.165) is 0 Å². The summed E-state index contributed by atoms with van der Waals surface area (Å²) in [6.45, 7) is 14.7. The fraction of sp³-hybridized carbons (Fsp3) is 0.810. The van der Waals surface area contributed by atoms with Crippen molar-refractivity contribution in [1.29, 1.82) is 0 Å². The highest BCUT2D eigenvalue weighted by molar-refractivity contribution is 5.92. The highest BCUT2D eigenvalue weighted by Crippen LogP contribution is 2.11. The van der Waals surface area contributed by atoms with E-state index in [1.165, 1.54) is 0 Å². The van der Waals surface area contributed by atoms with E-state index in [9.17, 15) is 19.2 Å². The Hall–Kier alpha value is -2.40. The number of amides is 3. The summed E-state index contributed by atoms with van der Waals surface area (Å²) in [4.78, 5) is 48.4. The molecule has 0 bridgehead atoms. The minimum absolute atomic E-state index is 0.182. The second-order valence-corrected chi connectivity index (χ2v) is 10.2. The molecule has 0 aromatic heterocycles. The molecule has 0 fully saturated rings. The molecule has 4 N–H and O–H groups in total. The van der Waals surface area contributed by atoms with Gasteiger partial charge >= 0.3 is 12.1 Å². The lowest BCUT2D eigenvalue weighted by atomic mass is 10.1. The first-order chi connectivity index (χ1) is 14.3. The van der Waals surface area contributed by atoms with Crippen LogP contribution >= 0.6 is 0 Å². The summed E-state index contributed by atoms with van der Waals surface area (Å²) in [6, 6.07) is -2.37. The second-order valence-electron chi connectivity index (χ2n) is 10.2. The zero-order valence-electron chi connectivity index (χ0n) is 20.6. The number of alkyl carbamates (subject to hydrolysis) is 1. The normalized spacial score (nSPS) is 14.2. The smallest absolute Gasteiger partial charge is 0.408 e. The Morgan fingerprint density at radius 2 is 1.16 bits per heavy atom. The van der Waals surface area contributed by atoms with Gasteiger partial charge in [0, 0.05) is 0 Å². The molecule has 0 aromatic carbocycles. The third-order valence-corrected chi connectivity index (χ3v) is 3.42. The fourth-order valence-corrected chi connectivity index (χ4v) is 2.04. The van der Waals surface area contributed by atoms with Gasteiger partial charge in [-0.15, -0.1) is 0 Å². The van der Waals surface area contributed by atoms with Gasteiger partial charge in [-0.05, 0) is 62.3 Å². The first-order valence-corrected chi connectivity index (χ1v) is 10.4. The standard InChI is InChI=1S/C21H39N3O8/c1-19(2,3)30-11-13(16(27)22-10-15(25)26)23-17(28)14(12-31-20(4,5)6)24-18(29)32-21(7,8)9/h13-14H,10-12H2,1-9H3,(H,22,27)(H,23,28)(H,24,29)(H,25,26)/t13-,14-/m0/s1. The van der Waals surface area contributed by atoms with Crippen LogP contribution in [-0.4, -0.2) is 77.6 Å². The van der Waals surface area contributed by atoms with Crippen molar-refractivity contribution in [1.82, 2.24) is 16.0 Å². The summed E-state index contributed by atoms with van der Waals surface area (Å²) in [6.07, 6.45) is -0.826. The number of carbonyl (C=O) groups is 4. The van der Waals surface area contributed by atoms with Crippen LogP contribution in [0.3, 0.4) is 0 Å². The predicted molar refractivity (Wildman–Crippen MR) is 117 cm³/mol. The van der Waals surface area contributed by atoms with Crippen LogP contribution in [0.15, 0.2) is 0 Å². The van der Waals surface area contributed by atoms with Gasteiger partial charge < -0.3 is 35.3 Å². The van der Waals surface area contributed by atoms with E-state index < -0.39 is 59.3 Å². The van der Waals surface area contributed by atoms with Gasteiger partial charge in [-0.2, -0.15) is 0 Å². The molecular weight excluding hydrogens is 422 g/mol. The van der Waals surface area contributed by atoms with Crippen molar-refractivity contribution in [2.45, 2.75) is 91.2 Å². The molecule has 0 saturated heterocycles. The molecule has 0 rings (SSSR count). The van der Waals surface area contributed by atoms with Crippen molar-refractivity contribution in [3.8, 4) is 0 Å². The van der Waals surface area contributed by atoms with Crippen molar-refractivity contribution in [3.63, 3.8) is 0 Å². The topological polar surface area (TPSA) is 152 Å². The Balaban J connectivity index is 5.48. The lowest BCUT2D eigenvalue weighted by molar-refractivity contribution is -0.139. The fourth-order valence-electron chi connectivity index (χ4n) is 2.04. The van der Waals surface area contributed by atoms with Crippen molar-refractivity contribution in [2.24, 2.45) is 0 Å². The maximum Gasteiger partial charge on any atom is 0.408 e. The second kappa shape index (κ2) is 12.0. The molecule has 0 saturated carbocycles. The van der Waals surface area contributed by atoms with Crippen LogP contribution in [0.25, 0.3) is 0 Å². The summed E-state index contributed by atoms with van der Waals surface area (Å²) in [7, 11) is 0. The predicted octanol–water partition coefficient (Wildman–Crippen LogP) is 1.20. The van der Waals surface area contributed by atoms with E-state index in [-0.39, 0.29) is 13.2 Å². The number of rotatable bonds is 10. The van der Waals surface area contributed by atoms with Gasteiger partial charge in [0.05, 0.1) is 24.4 Å². The van der Waals surface area contributed by atoms with Gasteiger partial charge in [-0.25, -0.2) is 4.79 Å². The maximum atomic E-state index is 12.9. The average molecular weight is 462 g/mol. The molecule has 2 atom stereocenters. The van der Waals surface area contributed by atoms with Gasteiger partial charge in [0.2, 0.25) is 11.8 Å². The van der Waals surface area contributed by atoms with Gasteiger partial charge in [0.1, 0.15) is 24.2 Å². The molecule has 32 heavy (non-hydrogen) atoms. The number of aliphatic carboxylic acids is 1. The maximum absolute atomic E-state index is 12.9. The number of hydrogen-bond acceptors (Lipinski definition) is 7. The number of carboxylic acid groups (broad SMARTS) is 1. The number of ether oxygens (including phenoxy) is 3. The number of carboxylic acids is 1. The van der Waals surface area contributed by atoms with Crippen LogP contribution in [0.1, 0.15) is 62.3 Å². The first kappa shape index (κ1) is 29.6. The largest absolute Gasteiger partial charge is 0.480 e. The molecule has 0 aromatic rings. The van der Waals surface area contributed by atoms with Crippen LogP contribution in [0.2, 0.25) is 0 Å². The van der Waals surface area contributed by atoms with Gasteiger partial charge in [-0.3, -0.25) is 14.4 Å². The van der Waals surface area contributed by atoms with E-state index >= 15 is 0 Å². The molecule has 0 aliphatic rings. The molecule has 3 amide bonds. The minimum Gasteiger partial charge on any atom is -0.480 e. The quantitative estimate of drug-likeness (QED) is 0.379. The summed E-state index contributed by atoms with van der Waals surface area (Å²) < 4.78 is 16.4. The van der Waals surface area contributed by atoms with E-state index in [4.69, 9.17) is 19.3 Å². The molecule has 0 aliphatic heterocycles. The van der Waals surface area contributed by atoms with Gasteiger partial charge in [0.25, 0.3) is 0 Å². The molecule has 11 nitrogen and oxygen atoms in total. The molecule has 186 valence electrons. The highest BCUT2D eigenvalue weighted by atomic mass is 16.6. The third kappa shape index (κ3) is 15.4. The van der Waals surface area contributed by atoms with Crippen LogP contribution in [0, 0.1) is 0 Å². The Morgan fingerprint density at radius 3 is 1.53 bits per heavy atom. The minimum atomic E-state index is -1.23. The first-order valence-electron chi connectivity index (χ1n) is 10.4. The molecule has 0 spiro atoms. The van der Waals surface area contributed by atoms with Crippen LogP contribution in [0.5, 0.6) is 0 Å². The number of carbonyl (C=O) groups excluding carboxylic acids is 3. The monoisotopic (exact) mass is 461 g/mol. The molecular formula is C21H39N3O8. The van der Waals surface area contributed by atoms with Crippen molar-refractivity contribution < 1.29 is 38.5 Å². The van der Waals surface area contributed by atoms with Crippen molar-refractivity contribution in [2.75, 3.05) is 19.8 Å². The molecule has 0 unspecified atom stereocenters. The molecule has 0 heterocycles. The SMILES string of the molecule is CC(C)(C)OC[C@H](NC(=O)OC(C)(C)C)C(=O)N[C@@H](COC(C)(C)C)C(=O)NCC(=O)O. The third-order valence-electron chi connectivity index (χ3n) is 3.42. The van der Waals surface area contributed by atoms with Crippen LogP contribution in [-0.2, 0) is 28.6 Å². The summed E-state index contributed by atoms with van der Waals surface area (Å²) in [5.74, 6) is -2.69. The summed E-state index contributed by atoms with van der Waals surface area (Å²) in [5.41, 5.74) is -1.99. The van der Waals surface area contributed by atoms with Crippen molar-refractivity contribution in [3.05, 3.63) is 0 Å². The Bertz CT molecular complexity index is 659. The van der Waals surface area contributed by atoms with E-state index in [1.54, 1.807) is 62.3 Å².